The van der Waals surface area contributed by atoms with Crippen molar-refractivity contribution in [1.82, 2.24) is 0 Å². The maximum absolute atomic E-state index is 3.97. The highest BCUT2D eigenvalue weighted by Gasteiger charge is 1.95. The van der Waals surface area contributed by atoms with Crippen LogP contribution in [0.15, 0.2) is 28.4 Å². The molecule has 68 valence electrons. The Morgan fingerprint density at radius 1 is 1.50 bits per heavy atom. The molecule has 0 saturated heterocycles. The highest BCUT2D eigenvalue weighted by Crippen LogP contribution is 2.13. The van der Waals surface area contributed by atoms with Crippen LogP contribution in [0.25, 0.3) is 0 Å². The Bertz CT molecular complexity index is 187. The van der Waals surface area contributed by atoms with Crippen LogP contribution in [0.1, 0.15) is 40.0 Å². The van der Waals surface area contributed by atoms with Gasteiger partial charge in [-0.05, 0) is 45.1 Å². The van der Waals surface area contributed by atoms with Crippen LogP contribution in [0.2, 0.25) is 0 Å². The van der Waals surface area contributed by atoms with E-state index in [0.717, 1.165) is 12.1 Å². The van der Waals surface area contributed by atoms with Gasteiger partial charge in [0.2, 0.25) is 0 Å². The molecule has 0 aromatic carbocycles. The molecule has 0 amide bonds. The van der Waals surface area contributed by atoms with Crippen molar-refractivity contribution in [3.8, 4) is 0 Å². The second-order valence-corrected chi connectivity index (χ2v) is 2.93. The Labute approximate surface area is 75.9 Å². The van der Waals surface area contributed by atoms with Crippen LogP contribution in [0, 0.1) is 0 Å². The van der Waals surface area contributed by atoms with Crippen LogP contribution in [0.4, 0.5) is 0 Å². The van der Waals surface area contributed by atoms with Gasteiger partial charge < -0.3 is 0 Å². The fraction of sp³-hybridized carbons (Fsp3) is 0.545. The first kappa shape index (κ1) is 11.2. The van der Waals surface area contributed by atoms with Crippen molar-refractivity contribution in [2.24, 2.45) is 4.99 Å². The average molecular weight is 165 g/mol. The SMILES string of the molecule is C=NC(/C=C/C)=C(\C)CCCC. The van der Waals surface area contributed by atoms with Gasteiger partial charge in [-0.1, -0.05) is 19.4 Å². The number of hydrogen-bond donors (Lipinski definition) is 0. The summed E-state index contributed by atoms with van der Waals surface area (Å²) in [5.41, 5.74) is 2.37. The number of hydrogen-bond acceptors (Lipinski definition) is 1. The molecular weight excluding hydrogens is 146 g/mol. The van der Waals surface area contributed by atoms with Gasteiger partial charge in [-0.3, -0.25) is 4.99 Å². The maximum atomic E-state index is 3.97. The van der Waals surface area contributed by atoms with Crippen LogP contribution >= 0.6 is 0 Å². The lowest BCUT2D eigenvalue weighted by Gasteiger charge is -2.01. The van der Waals surface area contributed by atoms with Gasteiger partial charge >= 0.3 is 0 Å². The lowest BCUT2D eigenvalue weighted by molar-refractivity contribution is 0.782. The zero-order valence-corrected chi connectivity index (χ0v) is 8.43. The molecule has 0 fully saturated rings. The maximum Gasteiger partial charge on any atom is 0.0608 e. The molecular formula is C11H19N. The van der Waals surface area contributed by atoms with E-state index in [1.165, 1.54) is 18.4 Å². The summed E-state index contributed by atoms with van der Waals surface area (Å²) in [4.78, 5) is 3.97. The topological polar surface area (TPSA) is 12.4 Å². The summed E-state index contributed by atoms with van der Waals surface area (Å²) >= 11 is 0. The first-order valence-electron chi connectivity index (χ1n) is 4.55. The van der Waals surface area contributed by atoms with E-state index < -0.39 is 0 Å². The van der Waals surface area contributed by atoms with Crippen molar-refractivity contribution in [2.75, 3.05) is 0 Å². The number of unbranched alkanes of at least 4 members (excludes halogenated alkanes) is 1. The molecule has 0 atom stereocenters. The first-order chi connectivity index (χ1) is 5.76. The quantitative estimate of drug-likeness (QED) is 0.435. The van der Waals surface area contributed by atoms with Crippen molar-refractivity contribution in [3.63, 3.8) is 0 Å². The summed E-state index contributed by atoms with van der Waals surface area (Å²) < 4.78 is 0. The van der Waals surface area contributed by atoms with Crippen LogP contribution in [-0.4, -0.2) is 6.72 Å². The van der Waals surface area contributed by atoms with Crippen molar-refractivity contribution in [1.29, 1.82) is 0 Å². The minimum atomic E-state index is 1.03. The third kappa shape index (κ3) is 4.12. The highest BCUT2D eigenvalue weighted by atomic mass is 14.7. The predicted molar refractivity (Wildman–Crippen MR) is 56.6 cm³/mol. The standard InChI is InChI=1S/C11H19N/c1-5-7-9-10(3)11(12-4)8-6-2/h6,8H,4-5,7,9H2,1-3H3/b8-6+,11-10+. The number of rotatable bonds is 5. The van der Waals surface area contributed by atoms with Gasteiger partial charge in [0.15, 0.2) is 0 Å². The summed E-state index contributed by atoms with van der Waals surface area (Å²) in [5, 5.41) is 0. The molecule has 0 heterocycles. The average Bonchev–Trinajstić information content (AvgIpc) is 2.10. The van der Waals surface area contributed by atoms with E-state index in [9.17, 15) is 0 Å². The Hall–Kier alpha value is -0.850. The van der Waals surface area contributed by atoms with E-state index in [-0.39, 0.29) is 0 Å². The molecule has 0 aliphatic heterocycles. The van der Waals surface area contributed by atoms with Gasteiger partial charge in [-0.2, -0.15) is 0 Å². The van der Waals surface area contributed by atoms with Crippen LogP contribution < -0.4 is 0 Å². The van der Waals surface area contributed by atoms with Crippen molar-refractivity contribution >= 4 is 6.72 Å². The number of aliphatic imine (C=N–C) groups is 1. The molecule has 0 rings (SSSR count). The summed E-state index contributed by atoms with van der Waals surface area (Å²) in [7, 11) is 0. The molecule has 0 radical (unpaired) electrons. The second kappa shape index (κ2) is 6.84. The fourth-order valence-corrected chi connectivity index (χ4v) is 1.06. The highest BCUT2D eigenvalue weighted by molar-refractivity contribution is 5.35. The molecule has 0 N–H and O–H groups in total. The zero-order valence-electron chi connectivity index (χ0n) is 8.43. The lowest BCUT2D eigenvalue weighted by Crippen LogP contribution is -1.83. The van der Waals surface area contributed by atoms with Gasteiger partial charge in [0.25, 0.3) is 0 Å². The first-order valence-corrected chi connectivity index (χ1v) is 4.55. The Morgan fingerprint density at radius 3 is 2.58 bits per heavy atom. The summed E-state index contributed by atoms with van der Waals surface area (Å²) in [6.45, 7) is 9.87. The third-order valence-corrected chi connectivity index (χ3v) is 1.84. The normalized spacial score (nSPS) is 13.2. The fourth-order valence-electron chi connectivity index (χ4n) is 1.06. The predicted octanol–water partition coefficient (Wildman–Crippen LogP) is 3.73. The molecule has 0 aliphatic rings. The number of allylic oxidation sites excluding steroid dienone is 3. The Kier molecular flexibility index (Phi) is 6.35. The van der Waals surface area contributed by atoms with E-state index >= 15 is 0 Å². The summed E-state index contributed by atoms with van der Waals surface area (Å²) in [6, 6.07) is 0. The molecule has 0 saturated carbocycles. The van der Waals surface area contributed by atoms with Gasteiger partial charge in [-0.25, -0.2) is 0 Å². The second-order valence-electron chi connectivity index (χ2n) is 2.93. The van der Waals surface area contributed by atoms with Crippen LogP contribution in [-0.2, 0) is 0 Å². The molecule has 0 aromatic heterocycles. The molecule has 0 spiro atoms. The zero-order chi connectivity index (χ0) is 9.40. The third-order valence-electron chi connectivity index (χ3n) is 1.84. The molecule has 0 aromatic rings. The Balaban J connectivity index is 4.26. The molecule has 1 nitrogen and oxygen atoms in total. The van der Waals surface area contributed by atoms with E-state index in [2.05, 4.69) is 25.6 Å². The van der Waals surface area contributed by atoms with E-state index in [1.807, 2.05) is 19.1 Å². The van der Waals surface area contributed by atoms with E-state index in [4.69, 9.17) is 0 Å². The smallest absolute Gasteiger partial charge is 0.0608 e. The summed E-state index contributed by atoms with van der Waals surface area (Å²) in [5.74, 6) is 0. The summed E-state index contributed by atoms with van der Waals surface area (Å²) in [6.07, 6.45) is 7.62. The van der Waals surface area contributed by atoms with Crippen molar-refractivity contribution < 1.29 is 0 Å². The monoisotopic (exact) mass is 165 g/mol. The largest absolute Gasteiger partial charge is 0.265 e. The van der Waals surface area contributed by atoms with E-state index in [0.29, 0.717) is 0 Å². The minimum Gasteiger partial charge on any atom is -0.265 e. The lowest BCUT2D eigenvalue weighted by atomic mass is 10.1. The molecule has 0 aliphatic carbocycles. The minimum absolute atomic E-state index is 1.03. The van der Waals surface area contributed by atoms with Gasteiger partial charge in [0.05, 0.1) is 5.70 Å². The molecule has 0 bridgehead atoms. The van der Waals surface area contributed by atoms with Gasteiger partial charge in [-0.15, -0.1) is 0 Å². The Morgan fingerprint density at radius 2 is 2.17 bits per heavy atom. The van der Waals surface area contributed by atoms with Gasteiger partial charge in [0.1, 0.15) is 0 Å². The molecule has 12 heavy (non-hydrogen) atoms. The van der Waals surface area contributed by atoms with Crippen molar-refractivity contribution in [2.45, 2.75) is 40.0 Å². The van der Waals surface area contributed by atoms with Gasteiger partial charge in [0, 0.05) is 0 Å². The van der Waals surface area contributed by atoms with Crippen LogP contribution in [0.5, 0.6) is 0 Å². The van der Waals surface area contributed by atoms with Crippen LogP contribution in [0.3, 0.4) is 0 Å². The van der Waals surface area contributed by atoms with E-state index in [1.54, 1.807) is 0 Å². The number of nitrogens with zero attached hydrogens (tertiary/aromatic N) is 1. The molecule has 0 unspecified atom stereocenters. The van der Waals surface area contributed by atoms with Crippen molar-refractivity contribution in [3.05, 3.63) is 23.4 Å². The molecule has 1 heteroatoms.